The van der Waals surface area contributed by atoms with Gasteiger partial charge in [-0.1, -0.05) is 51.1 Å². The molecule has 26 heavy (non-hydrogen) atoms. The molecular formula is C24H24N2. The maximum atomic E-state index is 4.93. The second-order valence-corrected chi connectivity index (χ2v) is 7.50. The Balaban J connectivity index is 1.62. The molecule has 1 unspecified atom stereocenters. The van der Waals surface area contributed by atoms with Crippen molar-refractivity contribution in [2.24, 2.45) is 0 Å². The van der Waals surface area contributed by atoms with Gasteiger partial charge < -0.3 is 0 Å². The predicted octanol–water partition coefficient (Wildman–Crippen LogP) is 6.25. The number of benzene rings is 2. The van der Waals surface area contributed by atoms with E-state index in [1.54, 1.807) is 0 Å². The van der Waals surface area contributed by atoms with Crippen molar-refractivity contribution >= 4 is 21.7 Å². The lowest BCUT2D eigenvalue weighted by atomic mass is 9.94. The number of hydrogen-bond acceptors (Lipinski definition) is 2. The van der Waals surface area contributed by atoms with E-state index < -0.39 is 0 Å². The van der Waals surface area contributed by atoms with Crippen LogP contribution in [0.4, 0.5) is 0 Å². The van der Waals surface area contributed by atoms with Crippen LogP contribution in [-0.2, 0) is 6.42 Å². The van der Waals surface area contributed by atoms with Crippen LogP contribution in [0.1, 0.15) is 49.4 Å². The highest BCUT2D eigenvalue weighted by Gasteiger charge is 2.10. The Labute approximate surface area is 154 Å². The van der Waals surface area contributed by atoms with E-state index in [4.69, 9.17) is 4.98 Å². The van der Waals surface area contributed by atoms with Gasteiger partial charge in [-0.15, -0.1) is 0 Å². The number of nitrogens with zero attached hydrogens (tertiary/aromatic N) is 2. The Bertz CT molecular complexity index is 1070. The quantitative estimate of drug-likeness (QED) is 0.438. The molecule has 0 saturated carbocycles. The Morgan fingerprint density at radius 3 is 2.38 bits per heavy atom. The largest absolute Gasteiger partial charge is 0.264 e. The summed E-state index contributed by atoms with van der Waals surface area (Å²) in [7, 11) is 0. The van der Waals surface area contributed by atoms with E-state index in [1.165, 1.54) is 27.3 Å². The predicted molar refractivity (Wildman–Crippen MR) is 110 cm³/mol. The van der Waals surface area contributed by atoms with Crippen molar-refractivity contribution in [2.75, 3.05) is 0 Å². The maximum absolute atomic E-state index is 4.93. The van der Waals surface area contributed by atoms with Gasteiger partial charge in [-0.25, -0.2) is 0 Å². The molecule has 0 aliphatic carbocycles. The highest BCUT2D eigenvalue weighted by Crippen LogP contribution is 2.25. The summed E-state index contributed by atoms with van der Waals surface area (Å²) in [6.45, 7) is 6.72. The molecule has 2 heterocycles. The van der Waals surface area contributed by atoms with Gasteiger partial charge in [0.05, 0.1) is 5.52 Å². The molecule has 2 heteroatoms. The topological polar surface area (TPSA) is 25.8 Å². The van der Waals surface area contributed by atoms with Crippen molar-refractivity contribution in [3.63, 3.8) is 0 Å². The van der Waals surface area contributed by atoms with Crippen LogP contribution in [0.5, 0.6) is 0 Å². The van der Waals surface area contributed by atoms with Crippen molar-refractivity contribution in [3.05, 3.63) is 83.8 Å². The van der Waals surface area contributed by atoms with Crippen LogP contribution in [0.25, 0.3) is 21.7 Å². The average molecular weight is 340 g/mol. The molecule has 0 aliphatic rings. The Hall–Kier alpha value is -2.74. The molecule has 0 spiro atoms. The number of aromatic nitrogens is 2. The summed E-state index contributed by atoms with van der Waals surface area (Å²) < 4.78 is 0. The first-order chi connectivity index (χ1) is 12.6. The molecule has 0 fully saturated rings. The standard InChI is InChI=1S/C24H24N2/c1-16(2)20-6-5-19-8-9-23(26-24(19)14-20)12-17(3)21-7-4-18-10-11-25-15-22(18)13-21/h4-11,13-17H,12H2,1-3H3. The third-order valence-electron chi connectivity index (χ3n) is 5.19. The maximum Gasteiger partial charge on any atom is 0.0708 e. The summed E-state index contributed by atoms with van der Waals surface area (Å²) in [5, 5.41) is 3.65. The van der Waals surface area contributed by atoms with E-state index in [2.05, 4.69) is 80.4 Å². The fraction of sp³-hybridized carbons (Fsp3) is 0.250. The molecular weight excluding hydrogens is 316 g/mol. The summed E-state index contributed by atoms with van der Waals surface area (Å²) >= 11 is 0. The van der Waals surface area contributed by atoms with E-state index in [0.29, 0.717) is 11.8 Å². The molecule has 2 aromatic carbocycles. The number of pyridine rings is 2. The Morgan fingerprint density at radius 2 is 1.54 bits per heavy atom. The number of fused-ring (bicyclic) bond motifs is 2. The van der Waals surface area contributed by atoms with E-state index in [0.717, 1.165) is 17.6 Å². The summed E-state index contributed by atoms with van der Waals surface area (Å²) in [4.78, 5) is 9.18. The van der Waals surface area contributed by atoms with Gasteiger partial charge in [0, 0.05) is 28.9 Å². The smallest absolute Gasteiger partial charge is 0.0708 e. The number of hydrogen-bond donors (Lipinski definition) is 0. The molecule has 0 bridgehead atoms. The lowest BCUT2D eigenvalue weighted by Crippen LogP contribution is -2.01. The highest BCUT2D eigenvalue weighted by molar-refractivity contribution is 5.82. The molecule has 4 rings (SSSR count). The van der Waals surface area contributed by atoms with E-state index in [9.17, 15) is 0 Å². The minimum absolute atomic E-state index is 0.415. The highest BCUT2D eigenvalue weighted by atomic mass is 14.7. The van der Waals surface area contributed by atoms with Crippen molar-refractivity contribution in [2.45, 2.75) is 39.0 Å². The van der Waals surface area contributed by atoms with Gasteiger partial charge >= 0.3 is 0 Å². The molecule has 2 aromatic heterocycles. The summed E-state index contributed by atoms with van der Waals surface area (Å²) in [5.41, 5.74) is 4.93. The van der Waals surface area contributed by atoms with E-state index in [-0.39, 0.29) is 0 Å². The lowest BCUT2D eigenvalue weighted by Gasteiger charge is -2.13. The SMILES string of the molecule is CC(C)c1ccc2ccc(CC(C)c3ccc4ccncc4c3)nc2c1. The van der Waals surface area contributed by atoms with Gasteiger partial charge in [0.2, 0.25) is 0 Å². The fourth-order valence-corrected chi connectivity index (χ4v) is 3.49. The summed E-state index contributed by atoms with van der Waals surface area (Å²) in [6, 6.07) is 19.7. The van der Waals surface area contributed by atoms with Crippen molar-refractivity contribution in [1.29, 1.82) is 0 Å². The van der Waals surface area contributed by atoms with Gasteiger partial charge in [0.15, 0.2) is 0 Å². The van der Waals surface area contributed by atoms with Crippen molar-refractivity contribution < 1.29 is 0 Å². The minimum Gasteiger partial charge on any atom is -0.264 e. The molecule has 0 aliphatic heterocycles. The van der Waals surface area contributed by atoms with Gasteiger partial charge in [-0.2, -0.15) is 0 Å². The molecule has 130 valence electrons. The van der Waals surface area contributed by atoms with Crippen LogP contribution in [0, 0.1) is 0 Å². The molecule has 4 aromatic rings. The third-order valence-corrected chi connectivity index (χ3v) is 5.19. The van der Waals surface area contributed by atoms with Crippen LogP contribution in [-0.4, -0.2) is 9.97 Å². The average Bonchev–Trinajstić information content (AvgIpc) is 2.67. The second kappa shape index (κ2) is 6.87. The van der Waals surface area contributed by atoms with Crippen LogP contribution in [0.3, 0.4) is 0 Å². The zero-order chi connectivity index (χ0) is 18.1. The lowest BCUT2D eigenvalue weighted by molar-refractivity contribution is 0.744. The van der Waals surface area contributed by atoms with Crippen LogP contribution in [0.2, 0.25) is 0 Å². The fourth-order valence-electron chi connectivity index (χ4n) is 3.49. The third kappa shape index (κ3) is 3.32. The molecule has 0 saturated heterocycles. The molecule has 0 radical (unpaired) electrons. The summed E-state index contributed by atoms with van der Waals surface area (Å²) in [6.07, 6.45) is 4.72. The van der Waals surface area contributed by atoms with Crippen LogP contribution < -0.4 is 0 Å². The van der Waals surface area contributed by atoms with Gasteiger partial charge in [-0.3, -0.25) is 9.97 Å². The molecule has 2 nitrogen and oxygen atoms in total. The van der Waals surface area contributed by atoms with E-state index in [1.807, 2.05) is 12.4 Å². The zero-order valence-corrected chi connectivity index (χ0v) is 15.6. The zero-order valence-electron chi connectivity index (χ0n) is 15.6. The van der Waals surface area contributed by atoms with Crippen molar-refractivity contribution in [1.82, 2.24) is 9.97 Å². The van der Waals surface area contributed by atoms with Gasteiger partial charge in [0.25, 0.3) is 0 Å². The normalized spacial score (nSPS) is 12.8. The van der Waals surface area contributed by atoms with Crippen LogP contribution in [0.15, 0.2) is 67.0 Å². The second-order valence-electron chi connectivity index (χ2n) is 7.50. The van der Waals surface area contributed by atoms with Crippen molar-refractivity contribution in [3.8, 4) is 0 Å². The molecule has 1 atom stereocenters. The number of rotatable bonds is 4. The molecule has 0 amide bonds. The van der Waals surface area contributed by atoms with Crippen LogP contribution >= 0.6 is 0 Å². The Kier molecular flexibility index (Phi) is 4.42. The van der Waals surface area contributed by atoms with E-state index >= 15 is 0 Å². The van der Waals surface area contributed by atoms with Gasteiger partial charge in [0.1, 0.15) is 0 Å². The Morgan fingerprint density at radius 1 is 0.769 bits per heavy atom. The molecule has 0 N–H and O–H groups in total. The first-order valence-corrected chi connectivity index (χ1v) is 9.33. The minimum atomic E-state index is 0.415. The first-order valence-electron chi connectivity index (χ1n) is 9.33. The summed E-state index contributed by atoms with van der Waals surface area (Å²) in [5.74, 6) is 0.938. The monoisotopic (exact) mass is 340 g/mol. The first kappa shape index (κ1) is 16.7. The van der Waals surface area contributed by atoms with Gasteiger partial charge in [-0.05, 0) is 59.0 Å².